The Hall–Kier alpha value is -2.43. The number of hydrogen-bond donors (Lipinski definition) is 0. The molecule has 1 aliphatic heterocycles. The molecule has 1 amide bonds. The van der Waals surface area contributed by atoms with E-state index in [9.17, 15) is 13.6 Å². The Labute approximate surface area is 114 Å². The summed E-state index contributed by atoms with van der Waals surface area (Å²) in [6.45, 7) is 0.617. The number of amides is 1. The van der Waals surface area contributed by atoms with Crippen molar-refractivity contribution in [2.75, 3.05) is 18.1 Å². The summed E-state index contributed by atoms with van der Waals surface area (Å²) in [5.74, 6) is -2.17. The topological polar surface area (TPSA) is 29.5 Å². The number of nitrogens with zero attached hydrogens (tertiary/aromatic N) is 1. The highest BCUT2D eigenvalue weighted by Gasteiger charge is 2.26. The van der Waals surface area contributed by atoms with Gasteiger partial charge in [0.15, 0.2) is 11.6 Å². The highest BCUT2D eigenvalue weighted by Crippen LogP contribution is 2.32. The molecule has 0 bridgehead atoms. The monoisotopic (exact) mass is 275 g/mol. The maximum atomic E-state index is 13.7. The predicted molar refractivity (Wildman–Crippen MR) is 70.0 cm³/mol. The minimum atomic E-state index is -1.12. The molecule has 0 spiro atoms. The molecule has 0 unspecified atom stereocenters. The summed E-state index contributed by atoms with van der Waals surface area (Å²) >= 11 is 0. The van der Waals surface area contributed by atoms with Crippen LogP contribution in [0, 0.1) is 11.6 Å². The van der Waals surface area contributed by atoms with Gasteiger partial charge in [-0.3, -0.25) is 4.79 Å². The first-order valence-corrected chi connectivity index (χ1v) is 6.16. The Morgan fingerprint density at radius 2 is 1.90 bits per heavy atom. The second-order valence-corrected chi connectivity index (χ2v) is 4.37. The molecule has 5 heteroatoms. The third-order valence-electron chi connectivity index (χ3n) is 3.16. The average Bonchev–Trinajstić information content (AvgIpc) is 2.49. The van der Waals surface area contributed by atoms with E-state index in [4.69, 9.17) is 4.74 Å². The van der Waals surface area contributed by atoms with Gasteiger partial charge in [0.2, 0.25) is 0 Å². The lowest BCUT2D eigenvalue weighted by molar-refractivity contribution is 0.0971. The van der Waals surface area contributed by atoms with Gasteiger partial charge in [0, 0.05) is 0 Å². The van der Waals surface area contributed by atoms with Crippen LogP contribution in [0.15, 0.2) is 42.5 Å². The molecular formula is C15H11F2NO2. The van der Waals surface area contributed by atoms with E-state index in [1.165, 1.54) is 17.0 Å². The normalized spacial score (nSPS) is 13.6. The summed E-state index contributed by atoms with van der Waals surface area (Å²) < 4.78 is 32.4. The molecule has 20 heavy (non-hydrogen) atoms. The first-order chi connectivity index (χ1) is 9.68. The lowest BCUT2D eigenvalue weighted by Crippen LogP contribution is -2.38. The standard InChI is InChI=1S/C15H11F2NO2/c16-11-5-3-4-10(14(11)17)15(19)18-8-9-20-13-7-2-1-6-12(13)18/h1-7H,8-9H2. The number of anilines is 1. The van der Waals surface area contributed by atoms with Gasteiger partial charge in [0.25, 0.3) is 5.91 Å². The summed E-state index contributed by atoms with van der Waals surface area (Å²) in [4.78, 5) is 13.8. The number of benzene rings is 2. The van der Waals surface area contributed by atoms with E-state index in [-0.39, 0.29) is 5.56 Å². The fraction of sp³-hybridized carbons (Fsp3) is 0.133. The van der Waals surface area contributed by atoms with E-state index in [0.29, 0.717) is 24.6 Å². The van der Waals surface area contributed by atoms with Crippen LogP contribution in [-0.2, 0) is 0 Å². The molecule has 0 atom stereocenters. The van der Waals surface area contributed by atoms with Crippen LogP contribution in [0.2, 0.25) is 0 Å². The van der Waals surface area contributed by atoms with Crippen LogP contribution in [0.25, 0.3) is 0 Å². The van der Waals surface area contributed by atoms with Gasteiger partial charge in [0.05, 0.1) is 17.8 Å². The van der Waals surface area contributed by atoms with Crippen LogP contribution in [0.4, 0.5) is 14.5 Å². The van der Waals surface area contributed by atoms with Crippen LogP contribution in [-0.4, -0.2) is 19.1 Å². The molecule has 2 aromatic carbocycles. The smallest absolute Gasteiger partial charge is 0.261 e. The predicted octanol–water partition coefficient (Wildman–Crippen LogP) is 3.00. The molecule has 3 nitrogen and oxygen atoms in total. The molecule has 102 valence electrons. The van der Waals surface area contributed by atoms with Crippen LogP contribution in [0.3, 0.4) is 0 Å². The van der Waals surface area contributed by atoms with E-state index in [1.54, 1.807) is 24.3 Å². The van der Waals surface area contributed by atoms with Crippen molar-refractivity contribution in [3.05, 3.63) is 59.7 Å². The fourth-order valence-corrected chi connectivity index (χ4v) is 2.19. The number of hydrogen-bond acceptors (Lipinski definition) is 2. The Bertz CT molecular complexity index is 673. The number of carbonyl (C=O) groups excluding carboxylic acids is 1. The van der Waals surface area contributed by atoms with Crippen molar-refractivity contribution in [3.8, 4) is 5.75 Å². The average molecular weight is 275 g/mol. The van der Waals surface area contributed by atoms with Crippen molar-refractivity contribution >= 4 is 11.6 Å². The van der Waals surface area contributed by atoms with Gasteiger partial charge >= 0.3 is 0 Å². The van der Waals surface area contributed by atoms with E-state index in [0.717, 1.165) is 6.07 Å². The van der Waals surface area contributed by atoms with E-state index < -0.39 is 17.5 Å². The third kappa shape index (κ3) is 2.01. The second-order valence-electron chi connectivity index (χ2n) is 4.37. The van der Waals surface area contributed by atoms with Gasteiger partial charge in [-0.1, -0.05) is 18.2 Å². The summed E-state index contributed by atoms with van der Waals surface area (Å²) in [7, 11) is 0. The number of fused-ring (bicyclic) bond motifs is 1. The van der Waals surface area contributed by atoms with Crippen molar-refractivity contribution in [1.29, 1.82) is 0 Å². The molecular weight excluding hydrogens is 264 g/mol. The molecule has 1 heterocycles. The maximum absolute atomic E-state index is 13.7. The third-order valence-corrected chi connectivity index (χ3v) is 3.16. The quantitative estimate of drug-likeness (QED) is 0.800. The second kappa shape index (κ2) is 4.92. The zero-order chi connectivity index (χ0) is 14.1. The summed E-state index contributed by atoms with van der Waals surface area (Å²) in [5, 5.41) is 0. The highest BCUT2D eigenvalue weighted by atomic mass is 19.2. The van der Waals surface area contributed by atoms with Crippen molar-refractivity contribution in [3.63, 3.8) is 0 Å². The molecule has 0 saturated carbocycles. The minimum Gasteiger partial charge on any atom is -0.490 e. The highest BCUT2D eigenvalue weighted by molar-refractivity contribution is 6.07. The number of carbonyl (C=O) groups is 1. The van der Waals surface area contributed by atoms with Crippen LogP contribution in [0.5, 0.6) is 5.75 Å². The molecule has 0 N–H and O–H groups in total. The van der Waals surface area contributed by atoms with Gasteiger partial charge in [0.1, 0.15) is 12.4 Å². The molecule has 0 aromatic heterocycles. The van der Waals surface area contributed by atoms with Crippen molar-refractivity contribution in [2.45, 2.75) is 0 Å². The van der Waals surface area contributed by atoms with Crippen molar-refractivity contribution in [2.24, 2.45) is 0 Å². The minimum absolute atomic E-state index is 0.276. The van der Waals surface area contributed by atoms with Gasteiger partial charge < -0.3 is 9.64 Å². The molecule has 0 radical (unpaired) electrons. The largest absolute Gasteiger partial charge is 0.490 e. The Balaban J connectivity index is 2.02. The molecule has 0 saturated heterocycles. The van der Waals surface area contributed by atoms with Gasteiger partial charge in [-0.15, -0.1) is 0 Å². The van der Waals surface area contributed by atoms with Gasteiger partial charge in [-0.2, -0.15) is 0 Å². The number of rotatable bonds is 1. The molecule has 2 aromatic rings. The molecule has 0 fully saturated rings. The first-order valence-electron chi connectivity index (χ1n) is 6.16. The Kier molecular flexibility index (Phi) is 3.10. The van der Waals surface area contributed by atoms with Crippen LogP contribution < -0.4 is 9.64 Å². The van der Waals surface area contributed by atoms with Gasteiger partial charge in [-0.25, -0.2) is 8.78 Å². The number of halogens is 2. The summed E-state index contributed by atoms with van der Waals surface area (Å²) in [5.41, 5.74) is 0.286. The Morgan fingerprint density at radius 1 is 1.10 bits per heavy atom. The van der Waals surface area contributed by atoms with E-state index in [2.05, 4.69) is 0 Å². The van der Waals surface area contributed by atoms with Crippen molar-refractivity contribution in [1.82, 2.24) is 0 Å². The SMILES string of the molecule is O=C(c1cccc(F)c1F)N1CCOc2ccccc21. The number of para-hydroxylation sites is 2. The molecule has 0 aliphatic carbocycles. The lowest BCUT2D eigenvalue weighted by Gasteiger charge is -2.29. The Morgan fingerprint density at radius 3 is 2.75 bits per heavy atom. The summed E-state index contributed by atoms with van der Waals surface area (Å²) in [6, 6.07) is 10.6. The number of ether oxygens (including phenoxy) is 1. The molecule has 3 rings (SSSR count). The van der Waals surface area contributed by atoms with Crippen molar-refractivity contribution < 1.29 is 18.3 Å². The van der Waals surface area contributed by atoms with Crippen LogP contribution in [0.1, 0.15) is 10.4 Å². The fourth-order valence-electron chi connectivity index (χ4n) is 2.19. The van der Waals surface area contributed by atoms with E-state index in [1.807, 2.05) is 0 Å². The van der Waals surface area contributed by atoms with E-state index >= 15 is 0 Å². The zero-order valence-electron chi connectivity index (χ0n) is 10.5. The lowest BCUT2D eigenvalue weighted by atomic mass is 10.1. The van der Waals surface area contributed by atoms with Gasteiger partial charge in [-0.05, 0) is 24.3 Å². The molecule has 1 aliphatic rings. The zero-order valence-corrected chi connectivity index (χ0v) is 10.5. The first kappa shape index (κ1) is 12.6. The van der Waals surface area contributed by atoms with Crippen LogP contribution >= 0.6 is 0 Å². The summed E-state index contributed by atoms with van der Waals surface area (Å²) in [6.07, 6.45) is 0. The maximum Gasteiger partial charge on any atom is 0.261 e.